The van der Waals surface area contributed by atoms with Crippen molar-refractivity contribution in [1.82, 2.24) is 9.78 Å². The van der Waals surface area contributed by atoms with Gasteiger partial charge in [-0.25, -0.2) is 4.39 Å². The SMILES string of the molecule is CCc1nn(CC)c(CC(=O)c2ccccc2F)c1Cl. The first-order valence-corrected chi connectivity index (χ1v) is 6.98. The summed E-state index contributed by atoms with van der Waals surface area (Å²) in [7, 11) is 0. The highest BCUT2D eigenvalue weighted by Gasteiger charge is 2.19. The van der Waals surface area contributed by atoms with Crippen molar-refractivity contribution in [3.8, 4) is 0 Å². The summed E-state index contributed by atoms with van der Waals surface area (Å²) < 4.78 is 15.3. The third-order valence-corrected chi connectivity index (χ3v) is 3.63. The van der Waals surface area contributed by atoms with Crippen LogP contribution < -0.4 is 0 Å². The number of aryl methyl sites for hydroxylation is 2. The van der Waals surface area contributed by atoms with Crippen LogP contribution in [0.1, 0.15) is 35.6 Å². The number of carbonyl (C=O) groups excluding carboxylic acids is 1. The molecule has 0 unspecified atom stereocenters. The van der Waals surface area contributed by atoms with Crippen molar-refractivity contribution in [3.05, 3.63) is 52.1 Å². The van der Waals surface area contributed by atoms with Gasteiger partial charge >= 0.3 is 0 Å². The zero-order chi connectivity index (χ0) is 14.7. The number of aromatic nitrogens is 2. The number of Topliss-reactive ketones (excluding diaryl/α,β-unsaturated/α-hetero) is 1. The van der Waals surface area contributed by atoms with E-state index in [-0.39, 0.29) is 17.8 Å². The molecule has 1 heterocycles. The summed E-state index contributed by atoms with van der Waals surface area (Å²) in [4.78, 5) is 12.2. The Morgan fingerprint density at radius 1 is 1.35 bits per heavy atom. The van der Waals surface area contributed by atoms with E-state index in [4.69, 9.17) is 11.6 Å². The Labute approximate surface area is 122 Å². The normalized spacial score (nSPS) is 10.8. The summed E-state index contributed by atoms with van der Waals surface area (Å²) in [5.74, 6) is -0.797. The van der Waals surface area contributed by atoms with Crippen molar-refractivity contribution in [3.63, 3.8) is 0 Å². The Morgan fingerprint density at radius 3 is 2.65 bits per heavy atom. The molecule has 2 aromatic rings. The van der Waals surface area contributed by atoms with E-state index in [0.717, 1.165) is 5.69 Å². The summed E-state index contributed by atoms with van der Waals surface area (Å²) >= 11 is 6.25. The van der Waals surface area contributed by atoms with Crippen molar-refractivity contribution in [1.29, 1.82) is 0 Å². The molecule has 0 aliphatic heterocycles. The van der Waals surface area contributed by atoms with Crippen LogP contribution in [0.4, 0.5) is 4.39 Å². The topological polar surface area (TPSA) is 34.9 Å². The summed E-state index contributed by atoms with van der Waals surface area (Å²) in [5, 5.41) is 4.87. The quantitative estimate of drug-likeness (QED) is 0.788. The number of halogens is 2. The Hall–Kier alpha value is -1.68. The Balaban J connectivity index is 2.33. The molecule has 1 aromatic carbocycles. The van der Waals surface area contributed by atoms with Crippen LogP contribution in [0.3, 0.4) is 0 Å². The molecule has 0 atom stereocenters. The first-order chi connectivity index (χ1) is 9.58. The fourth-order valence-electron chi connectivity index (χ4n) is 2.12. The predicted octanol–water partition coefficient (Wildman–Crippen LogP) is 3.68. The van der Waals surface area contributed by atoms with Crippen LogP contribution in [0.2, 0.25) is 5.02 Å². The maximum absolute atomic E-state index is 13.6. The number of carbonyl (C=O) groups is 1. The highest BCUT2D eigenvalue weighted by Crippen LogP contribution is 2.23. The molecule has 0 aliphatic rings. The molecule has 20 heavy (non-hydrogen) atoms. The third-order valence-electron chi connectivity index (χ3n) is 3.20. The maximum Gasteiger partial charge on any atom is 0.171 e. The lowest BCUT2D eigenvalue weighted by Gasteiger charge is -2.05. The van der Waals surface area contributed by atoms with E-state index in [1.165, 1.54) is 12.1 Å². The summed E-state index contributed by atoms with van der Waals surface area (Å²) in [6.45, 7) is 4.51. The summed E-state index contributed by atoms with van der Waals surface area (Å²) in [6.07, 6.45) is 0.757. The van der Waals surface area contributed by atoms with Gasteiger partial charge in [0.2, 0.25) is 0 Å². The molecule has 106 valence electrons. The van der Waals surface area contributed by atoms with Gasteiger partial charge in [-0.05, 0) is 25.5 Å². The van der Waals surface area contributed by atoms with Crippen LogP contribution in [0.15, 0.2) is 24.3 Å². The van der Waals surface area contributed by atoms with E-state index in [9.17, 15) is 9.18 Å². The maximum atomic E-state index is 13.6. The molecule has 2 rings (SSSR count). The Bertz CT molecular complexity index is 637. The molecule has 0 bridgehead atoms. The van der Waals surface area contributed by atoms with Gasteiger partial charge in [-0.2, -0.15) is 5.10 Å². The molecular weight excluding hydrogens is 279 g/mol. The van der Waals surface area contributed by atoms with Crippen LogP contribution in [0, 0.1) is 5.82 Å². The second-order valence-electron chi connectivity index (χ2n) is 4.46. The van der Waals surface area contributed by atoms with E-state index in [0.29, 0.717) is 23.7 Å². The zero-order valence-corrected chi connectivity index (χ0v) is 12.2. The number of ketones is 1. The van der Waals surface area contributed by atoms with E-state index in [1.807, 2.05) is 13.8 Å². The lowest BCUT2D eigenvalue weighted by Crippen LogP contribution is -2.11. The van der Waals surface area contributed by atoms with E-state index in [1.54, 1.807) is 16.8 Å². The second-order valence-corrected chi connectivity index (χ2v) is 4.83. The molecular formula is C15H16ClFN2O. The van der Waals surface area contributed by atoms with E-state index in [2.05, 4.69) is 5.10 Å². The number of benzene rings is 1. The van der Waals surface area contributed by atoms with Crippen molar-refractivity contribution >= 4 is 17.4 Å². The van der Waals surface area contributed by atoms with Crippen molar-refractivity contribution in [2.75, 3.05) is 0 Å². The molecule has 5 heteroatoms. The molecule has 0 amide bonds. The third kappa shape index (κ3) is 2.75. The highest BCUT2D eigenvalue weighted by molar-refractivity contribution is 6.32. The van der Waals surface area contributed by atoms with E-state index >= 15 is 0 Å². The minimum atomic E-state index is -0.507. The molecule has 0 spiro atoms. The fourth-order valence-corrected chi connectivity index (χ4v) is 2.46. The molecule has 3 nitrogen and oxygen atoms in total. The summed E-state index contributed by atoms with van der Waals surface area (Å²) in [5.41, 5.74) is 1.51. The van der Waals surface area contributed by atoms with Gasteiger partial charge < -0.3 is 0 Å². The van der Waals surface area contributed by atoms with Crippen LogP contribution in [0.5, 0.6) is 0 Å². The van der Waals surface area contributed by atoms with Crippen LogP contribution in [-0.4, -0.2) is 15.6 Å². The second kappa shape index (κ2) is 6.18. The minimum Gasteiger partial charge on any atom is -0.294 e. The summed E-state index contributed by atoms with van der Waals surface area (Å²) in [6, 6.07) is 5.97. The van der Waals surface area contributed by atoms with Gasteiger partial charge in [-0.3, -0.25) is 9.48 Å². The largest absolute Gasteiger partial charge is 0.294 e. The van der Waals surface area contributed by atoms with Gasteiger partial charge in [0.1, 0.15) is 5.82 Å². The van der Waals surface area contributed by atoms with Gasteiger partial charge in [0.25, 0.3) is 0 Å². The van der Waals surface area contributed by atoms with Gasteiger partial charge in [0.05, 0.1) is 28.4 Å². The molecule has 0 aliphatic carbocycles. The molecule has 0 fully saturated rings. The number of hydrogen-bond acceptors (Lipinski definition) is 2. The average Bonchev–Trinajstić information content (AvgIpc) is 2.75. The molecule has 0 saturated heterocycles. The van der Waals surface area contributed by atoms with Gasteiger partial charge in [0, 0.05) is 6.54 Å². The van der Waals surface area contributed by atoms with Crippen molar-refractivity contribution < 1.29 is 9.18 Å². The first kappa shape index (κ1) is 14.7. The highest BCUT2D eigenvalue weighted by atomic mass is 35.5. The van der Waals surface area contributed by atoms with Crippen molar-refractivity contribution in [2.24, 2.45) is 0 Å². The number of nitrogens with zero attached hydrogens (tertiary/aromatic N) is 2. The molecule has 1 aromatic heterocycles. The monoisotopic (exact) mass is 294 g/mol. The van der Waals surface area contributed by atoms with Crippen LogP contribution in [0.25, 0.3) is 0 Å². The smallest absolute Gasteiger partial charge is 0.171 e. The minimum absolute atomic E-state index is 0.0562. The van der Waals surface area contributed by atoms with Crippen LogP contribution >= 0.6 is 11.6 Å². The van der Waals surface area contributed by atoms with Crippen molar-refractivity contribution in [2.45, 2.75) is 33.2 Å². The van der Waals surface area contributed by atoms with Gasteiger partial charge in [-0.1, -0.05) is 30.7 Å². The van der Waals surface area contributed by atoms with Gasteiger partial charge in [0.15, 0.2) is 5.78 Å². The lowest BCUT2D eigenvalue weighted by atomic mass is 10.1. The molecule has 0 saturated carbocycles. The Morgan fingerprint density at radius 2 is 2.05 bits per heavy atom. The zero-order valence-electron chi connectivity index (χ0n) is 11.5. The lowest BCUT2D eigenvalue weighted by molar-refractivity contribution is 0.0986. The first-order valence-electron chi connectivity index (χ1n) is 6.60. The van der Waals surface area contributed by atoms with E-state index < -0.39 is 5.82 Å². The Kier molecular flexibility index (Phi) is 4.55. The molecule has 0 N–H and O–H groups in total. The number of hydrogen-bond donors (Lipinski definition) is 0. The fraction of sp³-hybridized carbons (Fsp3) is 0.333. The molecule has 0 radical (unpaired) electrons. The number of rotatable bonds is 5. The standard InChI is InChI=1S/C15H16ClFN2O/c1-3-12-15(16)13(19(4-2)18-12)9-14(20)10-7-5-6-8-11(10)17/h5-8H,3-4,9H2,1-2H3. The van der Waals surface area contributed by atoms with Gasteiger partial charge in [-0.15, -0.1) is 0 Å². The average molecular weight is 295 g/mol. The van der Waals surface area contributed by atoms with Crippen LogP contribution in [-0.2, 0) is 19.4 Å². The predicted molar refractivity (Wildman–Crippen MR) is 76.7 cm³/mol.